The zero-order valence-electron chi connectivity index (χ0n) is 13.9. The molecule has 0 aliphatic heterocycles. The van der Waals surface area contributed by atoms with Crippen molar-refractivity contribution in [3.63, 3.8) is 0 Å². The maximum absolute atomic E-state index is 6.45. The Morgan fingerprint density at radius 3 is 2.40 bits per heavy atom. The number of imidazole rings is 1. The standard InChI is InChI=1S/C21H20N4/c22-20(15-17-7-2-1-3-8-17)21-23-11-14-25(21)19-10-6-9-18(16-19)24-12-4-5-13-24/h1-14,16,20H,15,22H2. The molecule has 1 unspecified atom stereocenters. The van der Waals surface area contributed by atoms with Crippen molar-refractivity contribution in [3.8, 4) is 11.4 Å². The molecule has 0 bridgehead atoms. The van der Waals surface area contributed by atoms with Crippen LogP contribution in [0.15, 0.2) is 91.5 Å². The molecule has 1 atom stereocenters. The van der Waals surface area contributed by atoms with Crippen molar-refractivity contribution in [2.45, 2.75) is 12.5 Å². The first-order valence-corrected chi connectivity index (χ1v) is 8.38. The minimum absolute atomic E-state index is 0.160. The summed E-state index contributed by atoms with van der Waals surface area (Å²) in [5.41, 5.74) is 9.83. The molecule has 0 aliphatic carbocycles. The largest absolute Gasteiger partial charge is 0.324 e. The molecule has 124 valence electrons. The Morgan fingerprint density at radius 1 is 0.840 bits per heavy atom. The molecule has 0 saturated heterocycles. The first kappa shape index (κ1) is 15.4. The van der Waals surface area contributed by atoms with Crippen LogP contribution in [0.3, 0.4) is 0 Å². The van der Waals surface area contributed by atoms with Gasteiger partial charge in [0.1, 0.15) is 5.82 Å². The molecule has 0 fully saturated rings. The van der Waals surface area contributed by atoms with Gasteiger partial charge >= 0.3 is 0 Å². The maximum atomic E-state index is 6.45. The fraction of sp³-hybridized carbons (Fsp3) is 0.0952. The third kappa shape index (κ3) is 3.25. The van der Waals surface area contributed by atoms with E-state index in [-0.39, 0.29) is 6.04 Å². The van der Waals surface area contributed by atoms with Crippen molar-refractivity contribution in [2.24, 2.45) is 5.73 Å². The van der Waals surface area contributed by atoms with E-state index in [4.69, 9.17) is 5.73 Å². The lowest BCUT2D eigenvalue weighted by Gasteiger charge is -2.15. The predicted molar refractivity (Wildman–Crippen MR) is 100.0 cm³/mol. The van der Waals surface area contributed by atoms with Crippen LogP contribution in [0.4, 0.5) is 0 Å². The average molecular weight is 328 g/mol. The van der Waals surface area contributed by atoms with Crippen molar-refractivity contribution in [2.75, 3.05) is 0 Å². The Kier molecular flexibility index (Phi) is 4.19. The average Bonchev–Trinajstić information content (AvgIpc) is 3.35. The molecule has 25 heavy (non-hydrogen) atoms. The Bertz CT molecular complexity index is 939. The lowest BCUT2D eigenvalue weighted by Crippen LogP contribution is -2.18. The molecule has 4 rings (SSSR count). The highest BCUT2D eigenvalue weighted by Crippen LogP contribution is 2.20. The van der Waals surface area contributed by atoms with Crippen LogP contribution in [0.1, 0.15) is 17.4 Å². The molecular formula is C21H20N4. The van der Waals surface area contributed by atoms with Gasteiger partial charge in [-0.25, -0.2) is 4.98 Å². The van der Waals surface area contributed by atoms with Gasteiger partial charge in [0.05, 0.1) is 6.04 Å². The van der Waals surface area contributed by atoms with Crippen LogP contribution in [0.25, 0.3) is 11.4 Å². The smallest absolute Gasteiger partial charge is 0.130 e. The van der Waals surface area contributed by atoms with Gasteiger partial charge in [-0.3, -0.25) is 0 Å². The number of nitrogens with two attached hydrogens (primary N) is 1. The fourth-order valence-electron chi connectivity index (χ4n) is 3.08. The van der Waals surface area contributed by atoms with Crippen molar-refractivity contribution in [3.05, 3.63) is 103 Å². The van der Waals surface area contributed by atoms with Crippen LogP contribution < -0.4 is 5.73 Å². The number of nitrogens with zero attached hydrogens (tertiary/aromatic N) is 3. The summed E-state index contributed by atoms with van der Waals surface area (Å²) in [6, 6.07) is 22.5. The quantitative estimate of drug-likeness (QED) is 0.604. The number of aromatic nitrogens is 3. The molecule has 0 saturated carbocycles. The predicted octanol–water partition coefficient (Wildman–Crippen LogP) is 3.91. The minimum atomic E-state index is -0.160. The molecule has 2 aromatic heterocycles. The number of hydrogen-bond donors (Lipinski definition) is 1. The van der Waals surface area contributed by atoms with Gasteiger partial charge in [-0.2, -0.15) is 0 Å². The van der Waals surface area contributed by atoms with Crippen LogP contribution in [-0.2, 0) is 6.42 Å². The molecule has 4 heteroatoms. The molecule has 0 radical (unpaired) electrons. The van der Waals surface area contributed by atoms with Crippen molar-refractivity contribution < 1.29 is 0 Å². The first-order chi connectivity index (χ1) is 12.3. The second kappa shape index (κ2) is 6.79. The highest BCUT2D eigenvalue weighted by Gasteiger charge is 2.14. The van der Waals surface area contributed by atoms with E-state index >= 15 is 0 Å². The Labute approximate surface area is 147 Å². The van der Waals surface area contributed by atoms with E-state index in [9.17, 15) is 0 Å². The van der Waals surface area contributed by atoms with Crippen molar-refractivity contribution in [1.82, 2.24) is 14.1 Å². The summed E-state index contributed by atoms with van der Waals surface area (Å²) in [6.45, 7) is 0. The molecule has 2 aromatic carbocycles. The van der Waals surface area contributed by atoms with Crippen molar-refractivity contribution in [1.29, 1.82) is 0 Å². The number of rotatable bonds is 5. The Balaban J connectivity index is 1.64. The normalized spacial score (nSPS) is 12.2. The summed E-state index contributed by atoms with van der Waals surface area (Å²) in [4.78, 5) is 4.51. The monoisotopic (exact) mass is 328 g/mol. The third-order valence-electron chi connectivity index (χ3n) is 4.31. The zero-order chi connectivity index (χ0) is 17.1. The number of hydrogen-bond acceptors (Lipinski definition) is 2. The molecular weight excluding hydrogens is 308 g/mol. The van der Waals surface area contributed by atoms with Crippen LogP contribution >= 0.6 is 0 Å². The fourth-order valence-corrected chi connectivity index (χ4v) is 3.08. The second-order valence-corrected chi connectivity index (χ2v) is 6.06. The molecule has 0 spiro atoms. The Morgan fingerprint density at radius 2 is 1.60 bits per heavy atom. The summed E-state index contributed by atoms with van der Waals surface area (Å²) in [7, 11) is 0. The van der Waals surface area contributed by atoms with E-state index in [1.165, 1.54) is 5.56 Å². The summed E-state index contributed by atoms with van der Waals surface area (Å²) in [5.74, 6) is 0.869. The highest BCUT2D eigenvalue weighted by molar-refractivity contribution is 5.45. The van der Waals surface area contributed by atoms with Gasteiger partial charge in [0.2, 0.25) is 0 Å². The molecule has 2 heterocycles. The summed E-state index contributed by atoms with van der Waals surface area (Å²) in [6.07, 6.45) is 8.61. The topological polar surface area (TPSA) is 48.8 Å². The van der Waals surface area contributed by atoms with E-state index in [0.717, 1.165) is 23.6 Å². The maximum Gasteiger partial charge on any atom is 0.130 e. The van der Waals surface area contributed by atoms with Gasteiger partial charge in [0, 0.05) is 36.2 Å². The molecule has 2 N–H and O–H groups in total. The van der Waals surface area contributed by atoms with Gasteiger partial charge in [-0.1, -0.05) is 36.4 Å². The summed E-state index contributed by atoms with van der Waals surface area (Å²) >= 11 is 0. The van der Waals surface area contributed by atoms with Crippen molar-refractivity contribution >= 4 is 0 Å². The van der Waals surface area contributed by atoms with E-state index in [1.807, 2.05) is 55.1 Å². The molecule has 0 aliphatic rings. The highest BCUT2D eigenvalue weighted by atomic mass is 15.1. The van der Waals surface area contributed by atoms with Gasteiger partial charge in [-0.05, 0) is 42.3 Å². The second-order valence-electron chi connectivity index (χ2n) is 6.06. The zero-order valence-corrected chi connectivity index (χ0v) is 13.9. The summed E-state index contributed by atoms with van der Waals surface area (Å²) in [5, 5.41) is 0. The lowest BCUT2D eigenvalue weighted by molar-refractivity contribution is 0.654. The van der Waals surface area contributed by atoms with Crippen LogP contribution in [-0.4, -0.2) is 14.1 Å². The van der Waals surface area contributed by atoms with E-state index in [2.05, 4.69) is 50.5 Å². The summed E-state index contributed by atoms with van der Waals surface area (Å²) < 4.78 is 4.16. The lowest BCUT2D eigenvalue weighted by atomic mass is 10.1. The van der Waals surface area contributed by atoms with E-state index in [1.54, 1.807) is 0 Å². The van der Waals surface area contributed by atoms with Gasteiger partial charge in [0.25, 0.3) is 0 Å². The van der Waals surface area contributed by atoms with E-state index < -0.39 is 0 Å². The van der Waals surface area contributed by atoms with Crippen LogP contribution in [0, 0.1) is 0 Å². The van der Waals surface area contributed by atoms with Gasteiger partial charge in [0.15, 0.2) is 0 Å². The molecule has 4 nitrogen and oxygen atoms in total. The van der Waals surface area contributed by atoms with Gasteiger partial charge < -0.3 is 14.9 Å². The van der Waals surface area contributed by atoms with Crippen LogP contribution in [0.2, 0.25) is 0 Å². The molecule has 0 amide bonds. The third-order valence-corrected chi connectivity index (χ3v) is 4.31. The van der Waals surface area contributed by atoms with Crippen LogP contribution in [0.5, 0.6) is 0 Å². The Hall–Kier alpha value is -3.11. The number of benzene rings is 2. The van der Waals surface area contributed by atoms with E-state index in [0.29, 0.717) is 0 Å². The van der Waals surface area contributed by atoms with Gasteiger partial charge in [-0.15, -0.1) is 0 Å². The molecule has 4 aromatic rings. The SMILES string of the molecule is NC(Cc1ccccc1)c1nccn1-c1cccc(-n2cccc2)c1. The first-order valence-electron chi connectivity index (χ1n) is 8.38. The minimum Gasteiger partial charge on any atom is -0.324 e.